The van der Waals surface area contributed by atoms with Gasteiger partial charge in [-0.15, -0.1) is 0 Å². The van der Waals surface area contributed by atoms with Crippen LogP contribution in [0.4, 0.5) is 0 Å². The highest BCUT2D eigenvalue weighted by Gasteiger charge is 2.48. The molecule has 0 bridgehead atoms. The van der Waals surface area contributed by atoms with Gasteiger partial charge in [0.2, 0.25) is 11.8 Å². The maximum absolute atomic E-state index is 11.9. The van der Waals surface area contributed by atoms with E-state index in [1.54, 1.807) is 6.92 Å². The molecule has 1 N–H and O–H groups in total. The van der Waals surface area contributed by atoms with Crippen LogP contribution in [0.3, 0.4) is 0 Å². The molecule has 1 heterocycles. The topological polar surface area (TPSA) is 57.6 Å². The highest BCUT2D eigenvalue weighted by Crippen LogP contribution is 2.35. The Balaban J connectivity index is 2.24. The number of amides is 2. The Kier molecular flexibility index (Phi) is 2.61. The van der Waals surface area contributed by atoms with E-state index in [0.29, 0.717) is 12.8 Å². The number of rotatable bonds is 2. The molecule has 0 spiro atoms. The zero-order valence-corrected chi connectivity index (χ0v) is 8.72. The number of hydrogen-bond donors (Lipinski definition) is 1. The Morgan fingerprint density at radius 1 is 1.33 bits per heavy atom. The van der Waals surface area contributed by atoms with E-state index in [0.717, 1.165) is 0 Å². The van der Waals surface area contributed by atoms with Crippen LogP contribution >= 0.6 is 0 Å². The zero-order valence-electron chi connectivity index (χ0n) is 8.72. The fourth-order valence-electron chi connectivity index (χ4n) is 2.34. The molecule has 82 valence electrons. The van der Waals surface area contributed by atoms with E-state index in [1.807, 2.05) is 12.2 Å². The number of aliphatic hydroxyl groups excluding tert-OH is 1. The van der Waals surface area contributed by atoms with Crippen molar-refractivity contribution in [2.45, 2.75) is 25.8 Å². The Morgan fingerprint density at radius 3 is 2.20 bits per heavy atom. The average molecular weight is 209 g/mol. The molecule has 1 aliphatic carbocycles. The molecule has 2 aliphatic rings. The molecule has 2 rings (SSSR count). The second-order valence-corrected chi connectivity index (χ2v) is 4.23. The molecule has 1 fully saturated rings. The molecule has 15 heavy (non-hydrogen) atoms. The molecule has 1 aliphatic heterocycles. The van der Waals surface area contributed by atoms with E-state index in [1.165, 1.54) is 4.90 Å². The van der Waals surface area contributed by atoms with Crippen molar-refractivity contribution in [3.8, 4) is 0 Å². The van der Waals surface area contributed by atoms with Crippen molar-refractivity contribution < 1.29 is 14.7 Å². The highest BCUT2D eigenvalue weighted by molar-refractivity contribution is 6.05. The number of nitrogens with zero attached hydrogens (tertiary/aromatic N) is 1. The number of likely N-dealkylation sites (tertiary alicyclic amines) is 1. The smallest absolute Gasteiger partial charge is 0.233 e. The number of aliphatic hydroxyl groups is 1. The van der Waals surface area contributed by atoms with Crippen molar-refractivity contribution in [1.29, 1.82) is 0 Å². The van der Waals surface area contributed by atoms with Crippen molar-refractivity contribution >= 4 is 11.8 Å². The lowest BCUT2D eigenvalue weighted by molar-refractivity contribution is -0.143. The van der Waals surface area contributed by atoms with E-state index >= 15 is 0 Å². The highest BCUT2D eigenvalue weighted by atomic mass is 16.3. The minimum atomic E-state index is -0.393. The lowest BCUT2D eigenvalue weighted by atomic mass is 9.85. The van der Waals surface area contributed by atoms with Gasteiger partial charge >= 0.3 is 0 Å². The van der Waals surface area contributed by atoms with Crippen molar-refractivity contribution in [3.05, 3.63) is 12.2 Å². The maximum Gasteiger partial charge on any atom is 0.233 e. The summed E-state index contributed by atoms with van der Waals surface area (Å²) in [5, 5.41) is 9.00. The Labute approximate surface area is 88.6 Å². The van der Waals surface area contributed by atoms with E-state index in [9.17, 15) is 9.59 Å². The first-order chi connectivity index (χ1) is 7.16. The SMILES string of the molecule is C[C@H](CO)N1C(=O)[C@H]2CC=CC[C@H]2C1=O. The average Bonchev–Trinajstić information content (AvgIpc) is 2.52. The quantitative estimate of drug-likeness (QED) is 0.526. The first-order valence-corrected chi connectivity index (χ1v) is 5.29. The summed E-state index contributed by atoms with van der Waals surface area (Å²) in [5.74, 6) is -0.597. The molecular formula is C11H15NO3. The van der Waals surface area contributed by atoms with Crippen molar-refractivity contribution in [2.24, 2.45) is 11.8 Å². The number of carbonyl (C=O) groups excluding carboxylic acids is 2. The number of allylic oxidation sites excluding steroid dienone is 2. The molecule has 2 amide bonds. The second kappa shape index (κ2) is 3.77. The molecule has 4 heteroatoms. The van der Waals surface area contributed by atoms with E-state index in [2.05, 4.69) is 0 Å². The lowest BCUT2D eigenvalue weighted by Crippen LogP contribution is -2.41. The fourth-order valence-corrected chi connectivity index (χ4v) is 2.34. The summed E-state index contributed by atoms with van der Waals surface area (Å²) in [6.45, 7) is 1.53. The Hall–Kier alpha value is -1.16. The first kappa shape index (κ1) is 10.4. The molecule has 0 aromatic rings. The van der Waals surface area contributed by atoms with Crippen LogP contribution in [-0.4, -0.2) is 34.5 Å². The van der Waals surface area contributed by atoms with Gasteiger partial charge in [0, 0.05) is 0 Å². The largest absolute Gasteiger partial charge is 0.394 e. The fraction of sp³-hybridized carbons (Fsp3) is 0.636. The van der Waals surface area contributed by atoms with Crippen LogP contribution in [-0.2, 0) is 9.59 Å². The van der Waals surface area contributed by atoms with Crippen LogP contribution in [0.15, 0.2) is 12.2 Å². The molecule has 0 aromatic carbocycles. The van der Waals surface area contributed by atoms with E-state index in [4.69, 9.17) is 5.11 Å². The van der Waals surface area contributed by atoms with Crippen molar-refractivity contribution in [3.63, 3.8) is 0 Å². The Bertz CT molecular complexity index is 298. The van der Waals surface area contributed by atoms with Crippen LogP contribution in [0.5, 0.6) is 0 Å². The third kappa shape index (κ3) is 1.49. The van der Waals surface area contributed by atoms with Crippen LogP contribution in [0.2, 0.25) is 0 Å². The number of imide groups is 1. The molecule has 0 saturated carbocycles. The van der Waals surface area contributed by atoms with Gasteiger partial charge in [-0.05, 0) is 19.8 Å². The zero-order chi connectivity index (χ0) is 11.0. The Morgan fingerprint density at radius 2 is 1.80 bits per heavy atom. The van der Waals surface area contributed by atoms with Gasteiger partial charge in [0.25, 0.3) is 0 Å². The van der Waals surface area contributed by atoms with Gasteiger partial charge in [-0.3, -0.25) is 14.5 Å². The normalized spacial score (nSPS) is 32.0. The molecule has 0 radical (unpaired) electrons. The maximum atomic E-state index is 11.9. The minimum Gasteiger partial charge on any atom is -0.394 e. The monoisotopic (exact) mass is 209 g/mol. The van der Waals surface area contributed by atoms with Gasteiger partial charge in [0.15, 0.2) is 0 Å². The first-order valence-electron chi connectivity index (χ1n) is 5.29. The van der Waals surface area contributed by atoms with Gasteiger partial charge in [0.05, 0.1) is 24.5 Å². The van der Waals surface area contributed by atoms with Gasteiger partial charge in [-0.1, -0.05) is 12.2 Å². The van der Waals surface area contributed by atoms with Gasteiger partial charge < -0.3 is 5.11 Å². The lowest BCUT2D eigenvalue weighted by Gasteiger charge is -2.20. The van der Waals surface area contributed by atoms with Gasteiger partial charge in [0.1, 0.15) is 0 Å². The van der Waals surface area contributed by atoms with Crippen LogP contribution < -0.4 is 0 Å². The second-order valence-electron chi connectivity index (χ2n) is 4.23. The standard InChI is InChI=1S/C11H15NO3/c1-7(6-13)12-10(14)8-4-2-3-5-9(8)11(12)15/h2-3,7-9,13H,4-6H2,1H3/t7-,8-,9+/m1/s1. The third-order valence-corrected chi connectivity index (χ3v) is 3.25. The molecular weight excluding hydrogens is 194 g/mol. The molecule has 3 atom stereocenters. The summed E-state index contributed by atoms with van der Waals surface area (Å²) < 4.78 is 0. The summed E-state index contributed by atoms with van der Waals surface area (Å²) in [6.07, 6.45) is 5.23. The van der Waals surface area contributed by atoms with Gasteiger partial charge in [-0.25, -0.2) is 0 Å². The predicted molar refractivity (Wildman–Crippen MR) is 53.8 cm³/mol. The predicted octanol–water partition coefficient (Wildman–Crippen LogP) is 0.318. The van der Waals surface area contributed by atoms with Crippen LogP contribution in [0, 0.1) is 11.8 Å². The summed E-state index contributed by atoms with van der Waals surface area (Å²) in [4.78, 5) is 25.1. The molecule has 0 unspecified atom stereocenters. The third-order valence-electron chi connectivity index (χ3n) is 3.25. The summed E-state index contributed by atoms with van der Waals surface area (Å²) in [5.41, 5.74) is 0. The number of carbonyl (C=O) groups is 2. The van der Waals surface area contributed by atoms with Crippen molar-refractivity contribution in [2.75, 3.05) is 6.61 Å². The van der Waals surface area contributed by atoms with Crippen LogP contribution in [0.1, 0.15) is 19.8 Å². The molecule has 4 nitrogen and oxygen atoms in total. The van der Waals surface area contributed by atoms with E-state index in [-0.39, 0.29) is 30.3 Å². The van der Waals surface area contributed by atoms with Crippen molar-refractivity contribution in [1.82, 2.24) is 4.90 Å². The molecule has 1 saturated heterocycles. The summed E-state index contributed by atoms with van der Waals surface area (Å²) >= 11 is 0. The number of hydrogen-bond acceptors (Lipinski definition) is 3. The van der Waals surface area contributed by atoms with Crippen LogP contribution in [0.25, 0.3) is 0 Å². The summed E-state index contributed by atoms with van der Waals surface area (Å²) in [6, 6.07) is -0.393. The molecule has 0 aromatic heterocycles. The minimum absolute atomic E-state index is 0.115. The number of fused-ring (bicyclic) bond motifs is 1. The summed E-state index contributed by atoms with van der Waals surface area (Å²) in [7, 11) is 0. The van der Waals surface area contributed by atoms with Gasteiger partial charge in [-0.2, -0.15) is 0 Å². The van der Waals surface area contributed by atoms with E-state index < -0.39 is 6.04 Å².